The van der Waals surface area contributed by atoms with Crippen LogP contribution in [0.25, 0.3) is 0 Å². The van der Waals surface area contributed by atoms with Gasteiger partial charge in [-0.1, -0.05) is 6.42 Å². The van der Waals surface area contributed by atoms with Crippen molar-refractivity contribution in [1.29, 1.82) is 0 Å². The SMILES string of the molecule is Cc1nsc(NC(=O)[C@@H]2CCCCN2)n1. The van der Waals surface area contributed by atoms with Gasteiger partial charge in [-0.05, 0) is 26.3 Å². The zero-order valence-electron chi connectivity index (χ0n) is 8.62. The van der Waals surface area contributed by atoms with Crippen molar-refractivity contribution < 1.29 is 4.79 Å². The number of hydrogen-bond acceptors (Lipinski definition) is 5. The molecule has 0 spiro atoms. The van der Waals surface area contributed by atoms with Crippen molar-refractivity contribution in [1.82, 2.24) is 14.7 Å². The van der Waals surface area contributed by atoms with E-state index in [-0.39, 0.29) is 11.9 Å². The van der Waals surface area contributed by atoms with Crippen LogP contribution in [0.5, 0.6) is 0 Å². The first-order valence-corrected chi connectivity index (χ1v) is 5.87. The number of aromatic nitrogens is 2. The fraction of sp³-hybridized carbons (Fsp3) is 0.667. The molecule has 0 bridgehead atoms. The van der Waals surface area contributed by atoms with Crippen molar-refractivity contribution in [2.75, 3.05) is 11.9 Å². The molecule has 1 amide bonds. The van der Waals surface area contributed by atoms with Crippen LogP contribution in [0.3, 0.4) is 0 Å². The van der Waals surface area contributed by atoms with Gasteiger partial charge in [0.05, 0.1) is 6.04 Å². The predicted molar refractivity (Wildman–Crippen MR) is 58.9 cm³/mol. The summed E-state index contributed by atoms with van der Waals surface area (Å²) in [6, 6.07) is -0.0667. The molecule has 82 valence electrons. The lowest BCUT2D eigenvalue weighted by molar-refractivity contribution is -0.118. The Bertz CT molecular complexity index is 346. The Morgan fingerprint density at radius 2 is 2.47 bits per heavy atom. The molecule has 0 aromatic carbocycles. The normalized spacial score (nSPS) is 21.3. The Labute approximate surface area is 92.5 Å². The number of anilines is 1. The van der Waals surface area contributed by atoms with Gasteiger partial charge in [0, 0.05) is 11.5 Å². The van der Waals surface area contributed by atoms with Crippen molar-refractivity contribution in [2.24, 2.45) is 0 Å². The van der Waals surface area contributed by atoms with Gasteiger partial charge >= 0.3 is 0 Å². The molecule has 5 nitrogen and oxygen atoms in total. The van der Waals surface area contributed by atoms with Crippen LogP contribution < -0.4 is 10.6 Å². The summed E-state index contributed by atoms with van der Waals surface area (Å²) in [5.74, 6) is 0.706. The first-order chi connectivity index (χ1) is 7.25. The third kappa shape index (κ3) is 2.73. The van der Waals surface area contributed by atoms with Crippen molar-refractivity contribution in [3.63, 3.8) is 0 Å². The first-order valence-electron chi connectivity index (χ1n) is 5.10. The first kappa shape index (κ1) is 10.5. The van der Waals surface area contributed by atoms with Crippen LogP contribution in [0.2, 0.25) is 0 Å². The Hall–Kier alpha value is -1.01. The van der Waals surface area contributed by atoms with Gasteiger partial charge in [-0.2, -0.15) is 4.37 Å². The molecule has 1 saturated heterocycles. The molecule has 0 unspecified atom stereocenters. The summed E-state index contributed by atoms with van der Waals surface area (Å²) in [5.41, 5.74) is 0. The fourth-order valence-corrected chi connectivity index (χ4v) is 2.19. The number of nitrogens with zero attached hydrogens (tertiary/aromatic N) is 2. The lowest BCUT2D eigenvalue weighted by atomic mass is 10.0. The highest BCUT2D eigenvalue weighted by Crippen LogP contribution is 2.13. The van der Waals surface area contributed by atoms with E-state index in [0.717, 1.165) is 25.8 Å². The standard InChI is InChI=1S/C9H14N4OS/c1-6-11-9(15-13-6)12-8(14)7-4-2-3-5-10-7/h7,10H,2-5H2,1H3,(H,11,12,13,14)/t7-/m0/s1. The predicted octanol–water partition coefficient (Wildman–Crippen LogP) is 0.927. The Morgan fingerprint density at radius 3 is 3.07 bits per heavy atom. The summed E-state index contributed by atoms with van der Waals surface area (Å²) in [7, 11) is 0. The number of rotatable bonds is 2. The molecule has 2 heterocycles. The number of nitrogens with one attached hydrogen (secondary N) is 2. The fourth-order valence-electron chi connectivity index (χ4n) is 1.62. The van der Waals surface area contributed by atoms with E-state index in [1.54, 1.807) is 0 Å². The Kier molecular flexibility index (Phi) is 3.27. The summed E-state index contributed by atoms with van der Waals surface area (Å²) in [4.78, 5) is 15.8. The second-order valence-electron chi connectivity index (χ2n) is 3.64. The van der Waals surface area contributed by atoms with Crippen LogP contribution in [-0.2, 0) is 4.79 Å². The highest BCUT2D eigenvalue weighted by molar-refractivity contribution is 7.09. The van der Waals surface area contributed by atoms with Gasteiger partial charge in [-0.25, -0.2) is 4.98 Å². The lowest BCUT2D eigenvalue weighted by Gasteiger charge is -2.21. The molecule has 1 aliphatic rings. The number of carbonyl (C=O) groups is 1. The molecule has 1 aromatic heterocycles. The lowest BCUT2D eigenvalue weighted by Crippen LogP contribution is -2.43. The van der Waals surface area contributed by atoms with Gasteiger partial charge < -0.3 is 5.32 Å². The molecule has 1 aliphatic heterocycles. The van der Waals surface area contributed by atoms with E-state index in [2.05, 4.69) is 20.0 Å². The van der Waals surface area contributed by atoms with Crippen LogP contribution in [-0.4, -0.2) is 27.9 Å². The minimum absolute atomic E-state index is 0.00542. The van der Waals surface area contributed by atoms with Gasteiger partial charge in [0.25, 0.3) is 0 Å². The van der Waals surface area contributed by atoms with E-state index >= 15 is 0 Å². The minimum atomic E-state index is -0.0667. The molecule has 0 saturated carbocycles. The molecular formula is C9H14N4OS. The van der Waals surface area contributed by atoms with Gasteiger partial charge in [0.2, 0.25) is 11.0 Å². The maximum absolute atomic E-state index is 11.7. The summed E-state index contributed by atoms with van der Waals surface area (Å²) in [6.07, 6.45) is 3.17. The molecule has 1 aromatic rings. The third-order valence-corrected chi connectivity index (χ3v) is 3.11. The van der Waals surface area contributed by atoms with E-state index in [4.69, 9.17) is 0 Å². The Morgan fingerprint density at radius 1 is 1.60 bits per heavy atom. The molecule has 0 radical (unpaired) electrons. The number of hydrogen-bond donors (Lipinski definition) is 2. The monoisotopic (exact) mass is 226 g/mol. The number of aryl methyl sites for hydroxylation is 1. The molecule has 2 rings (SSSR count). The number of piperidine rings is 1. The molecule has 0 aliphatic carbocycles. The molecule has 1 fully saturated rings. The van der Waals surface area contributed by atoms with Crippen molar-refractivity contribution in [2.45, 2.75) is 32.2 Å². The maximum Gasteiger partial charge on any atom is 0.243 e. The smallest absolute Gasteiger partial charge is 0.243 e. The van der Waals surface area contributed by atoms with E-state index in [0.29, 0.717) is 11.0 Å². The number of amides is 1. The third-order valence-electron chi connectivity index (χ3n) is 2.38. The zero-order chi connectivity index (χ0) is 10.7. The maximum atomic E-state index is 11.7. The highest BCUT2D eigenvalue weighted by atomic mass is 32.1. The number of carbonyl (C=O) groups excluding carboxylic acids is 1. The van der Waals surface area contributed by atoms with E-state index in [1.165, 1.54) is 11.5 Å². The summed E-state index contributed by atoms with van der Waals surface area (Å²) in [5, 5.41) is 6.55. The quantitative estimate of drug-likeness (QED) is 0.787. The minimum Gasteiger partial charge on any atom is -0.306 e. The molecule has 15 heavy (non-hydrogen) atoms. The summed E-state index contributed by atoms with van der Waals surface area (Å²) < 4.78 is 4.01. The molecule has 2 N–H and O–H groups in total. The molecule has 1 atom stereocenters. The van der Waals surface area contributed by atoms with Gasteiger partial charge in [0.1, 0.15) is 5.82 Å². The summed E-state index contributed by atoms with van der Waals surface area (Å²) >= 11 is 1.22. The molecule has 6 heteroatoms. The van der Waals surface area contributed by atoms with Crippen LogP contribution >= 0.6 is 11.5 Å². The second kappa shape index (κ2) is 4.67. The van der Waals surface area contributed by atoms with Gasteiger partial charge in [-0.15, -0.1) is 0 Å². The van der Waals surface area contributed by atoms with Crippen LogP contribution in [0.1, 0.15) is 25.1 Å². The van der Waals surface area contributed by atoms with E-state index in [9.17, 15) is 4.79 Å². The zero-order valence-corrected chi connectivity index (χ0v) is 9.43. The average molecular weight is 226 g/mol. The van der Waals surface area contributed by atoms with E-state index < -0.39 is 0 Å². The molecular weight excluding hydrogens is 212 g/mol. The van der Waals surface area contributed by atoms with E-state index in [1.807, 2.05) is 6.92 Å². The van der Waals surface area contributed by atoms with Crippen LogP contribution in [0.4, 0.5) is 5.13 Å². The van der Waals surface area contributed by atoms with Crippen molar-refractivity contribution in [3.8, 4) is 0 Å². The largest absolute Gasteiger partial charge is 0.306 e. The van der Waals surface area contributed by atoms with Gasteiger partial charge in [0.15, 0.2) is 0 Å². The highest BCUT2D eigenvalue weighted by Gasteiger charge is 2.21. The second-order valence-corrected chi connectivity index (χ2v) is 4.39. The Balaban J connectivity index is 1.91. The van der Waals surface area contributed by atoms with Crippen LogP contribution in [0, 0.1) is 6.92 Å². The van der Waals surface area contributed by atoms with Crippen molar-refractivity contribution in [3.05, 3.63) is 5.82 Å². The summed E-state index contributed by atoms with van der Waals surface area (Å²) in [6.45, 7) is 2.73. The topological polar surface area (TPSA) is 66.9 Å². The van der Waals surface area contributed by atoms with Gasteiger partial charge in [-0.3, -0.25) is 10.1 Å². The van der Waals surface area contributed by atoms with Crippen LogP contribution in [0.15, 0.2) is 0 Å². The van der Waals surface area contributed by atoms with Crippen molar-refractivity contribution >= 4 is 22.6 Å². The average Bonchev–Trinajstić information content (AvgIpc) is 2.65.